The minimum absolute atomic E-state index is 0.0452. The molecule has 1 N–H and O–H groups in total. The third-order valence-electron chi connectivity index (χ3n) is 4.17. The van der Waals surface area contributed by atoms with E-state index in [2.05, 4.69) is 5.32 Å². The summed E-state index contributed by atoms with van der Waals surface area (Å²) in [6.07, 6.45) is 1.68. The second-order valence-corrected chi connectivity index (χ2v) is 8.57. The summed E-state index contributed by atoms with van der Waals surface area (Å²) in [5.74, 6) is 0.515. The average Bonchev–Trinajstić information content (AvgIpc) is 3.33. The number of anilines is 1. The smallest absolute Gasteiger partial charge is 0.267 e. The lowest BCUT2D eigenvalue weighted by Crippen LogP contribution is -2.29. The molecule has 2 aromatic rings. The molecule has 9 heteroatoms. The van der Waals surface area contributed by atoms with Crippen LogP contribution in [0.1, 0.15) is 22.5 Å². The van der Waals surface area contributed by atoms with Crippen LogP contribution >= 0.6 is 11.3 Å². The van der Waals surface area contributed by atoms with E-state index in [0.717, 1.165) is 24.2 Å². The number of ether oxygens (including phenoxy) is 2. The van der Waals surface area contributed by atoms with E-state index in [1.54, 1.807) is 23.6 Å². The summed E-state index contributed by atoms with van der Waals surface area (Å²) >= 11 is 1.10. The molecular formula is C17H20N2O5S2. The first-order valence-corrected chi connectivity index (χ1v) is 10.4. The fourth-order valence-corrected chi connectivity index (χ4v) is 5.64. The summed E-state index contributed by atoms with van der Waals surface area (Å²) in [6.45, 7) is 0.978. The Hall–Kier alpha value is -2.10. The lowest BCUT2D eigenvalue weighted by Gasteiger charge is -2.16. The maximum Gasteiger partial charge on any atom is 0.267 e. The van der Waals surface area contributed by atoms with Crippen molar-refractivity contribution < 1.29 is 22.7 Å². The third kappa shape index (κ3) is 3.55. The van der Waals surface area contributed by atoms with Crippen molar-refractivity contribution in [2.45, 2.75) is 17.7 Å². The van der Waals surface area contributed by atoms with Gasteiger partial charge in [-0.1, -0.05) is 0 Å². The molecule has 0 saturated carbocycles. The Morgan fingerprint density at radius 3 is 2.54 bits per heavy atom. The molecule has 1 aliphatic rings. The van der Waals surface area contributed by atoms with Gasteiger partial charge in [-0.25, -0.2) is 8.42 Å². The van der Waals surface area contributed by atoms with Gasteiger partial charge in [-0.05, 0) is 36.4 Å². The van der Waals surface area contributed by atoms with Gasteiger partial charge in [0.1, 0.15) is 21.3 Å². The summed E-state index contributed by atoms with van der Waals surface area (Å²) in [7, 11) is -0.652. The molecular weight excluding hydrogens is 376 g/mol. The molecule has 0 spiro atoms. The number of carbonyl (C=O) groups excluding carboxylic acids is 1. The van der Waals surface area contributed by atoms with Gasteiger partial charge in [0.25, 0.3) is 5.91 Å². The first-order valence-electron chi connectivity index (χ1n) is 8.08. The molecule has 2 heterocycles. The van der Waals surface area contributed by atoms with E-state index in [4.69, 9.17) is 9.47 Å². The number of rotatable bonds is 6. The SMILES string of the molecule is COc1ccc(OC)c(NC(=O)c2sccc2S(=O)(=O)N2CCCC2)c1. The van der Waals surface area contributed by atoms with Crippen LogP contribution in [0.15, 0.2) is 34.5 Å². The number of nitrogens with one attached hydrogen (secondary N) is 1. The molecule has 0 bridgehead atoms. The van der Waals surface area contributed by atoms with Crippen LogP contribution in [0, 0.1) is 0 Å². The van der Waals surface area contributed by atoms with Crippen molar-refractivity contribution in [3.63, 3.8) is 0 Å². The lowest BCUT2D eigenvalue weighted by atomic mass is 10.2. The number of methoxy groups -OCH3 is 2. The zero-order valence-electron chi connectivity index (χ0n) is 14.5. The molecule has 0 unspecified atom stereocenters. The highest BCUT2D eigenvalue weighted by Gasteiger charge is 2.32. The fourth-order valence-electron chi connectivity index (χ4n) is 2.82. The van der Waals surface area contributed by atoms with Crippen molar-refractivity contribution in [1.82, 2.24) is 4.31 Å². The first kappa shape index (κ1) is 18.7. The predicted octanol–water partition coefficient (Wildman–Crippen LogP) is 2.80. The van der Waals surface area contributed by atoms with Crippen LogP contribution < -0.4 is 14.8 Å². The van der Waals surface area contributed by atoms with E-state index >= 15 is 0 Å². The average molecular weight is 396 g/mol. The zero-order chi connectivity index (χ0) is 18.7. The summed E-state index contributed by atoms with van der Waals surface area (Å²) in [6, 6.07) is 6.49. The normalized spacial score (nSPS) is 15.0. The van der Waals surface area contributed by atoms with Gasteiger partial charge >= 0.3 is 0 Å². The second-order valence-electron chi connectivity index (χ2n) is 5.75. The predicted molar refractivity (Wildman–Crippen MR) is 99.8 cm³/mol. The monoisotopic (exact) mass is 396 g/mol. The Morgan fingerprint density at radius 2 is 1.88 bits per heavy atom. The molecule has 1 aromatic carbocycles. The number of amides is 1. The topological polar surface area (TPSA) is 84.9 Å². The van der Waals surface area contributed by atoms with Gasteiger partial charge in [0.05, 0.1) is 19.9 Å². The third-order valence-corrected chi connectivity index (χ3v) is 7.16. The lowest BCUT2D eigenvalue weighted by molar-refractivity contribution is 0.102. The summed E-state index contributed by atoms with van der Waals surface area (Å²) in [4.78, 5) is 12.9. The van der Waals surface area contributed by atoms with Crippen LogP contribution in [-0.4, -0.2) is 45.9 Å². The van der Waals surface area contributed by atoms with Gasteiger partial charge < -0.3 is 14.8 Å². The Morgan fingerprint density at radius 1 is 1.15 bits per heavy atom. The Labute approximate surface area is 156 Å². The van der Waals surface area contributed by atoms with E-state index in [1.807, 2.05) is 0 Å². The molecule has 1 aromatic heterocycles. The number of sulfonamides is 1. The van der Waals surface area contributed by atoms with E-state index in [-0.39, 0.29) is 9.77 Å². The summed E-state index contributed by atoms with van der Waals surface area (Å²) in [5.41, 5.74) is 0.412. The minimum Gasteiger partial charge on any atom is -0.497 e. The Bertz CT molecular complexity index is 902. The molecule has 7 nitrogen and oxygen atoms in total. The Kier molecular flexibility index (Phi) is 5.49. The van der Waals surface area contributed by atoms with Crippen LogP contribution in [-0.2, 0) is 10.0 Å². The first-order chi connectivity index (χ1) is 12.5. The largest absolute Gasteiger partial charge is 0.497 e. The van der Waals surface area contributed by atoms with Crippen LogP contribution in [0.3, 0.4) is 0 Å². The van der Waals surface area contributed by atoms with Crippen molar-refractivity contribution in [2.24, 2.45) is 0 Å². The number of hydrogen-bond acceptors (Lipinski definition) is 6. The van der Waals surface area contributed by atoms with Crippen molar-refractivity contribution in [3.8, 4) is 11.5 Å². The van der Waals surface area contributed by atoms with Gasteiger partial charge in [0.2, 0.25) is 10.0 Å². The highest BCUT2D eigenvalue weighted by atomic mass is 32.2. The number of carbonyl (C=O) groups is 1. The molecule has 3 rings (SSSR count). The van der Waals surface area contributed by atoms with E-state index in [1.165, 1.54) is 24.6 Å². The van der Waals surface area contributed by atoms with Crippen LogP contribution in [0.5, 0.6) is 11.5 Å². The van der Waals surface area contributed by atoms with Crippen LogP contribution in [0.4, 0.5) is 5.69 Å². The van der Waals surface area contributed by atoms with Crippen molar-refractivity contribution >= 4 is 33.0 Å². The molecule has 1 amide bonds. The van der Waals surface area contributed by atoms with Gasteiger partial charge in [-0.15, -0.1) is 11.3 Å². The highest BCUT2D eigenvalue weighted by Crippen LogP contribution is 2.32. The Balaban J connectivity index is 1.90. The maximum absolute atomic E-state index is 12.8. The molecule has 140 valence electrons. The quantitative estimate of drug-likeness (QED) is 0.812. The van der Waals surface area contributed by atoms with E-state index in [0.29, 0.717) is 30.3 Å². The van der Waals surface area contributed by atoms with Gasteiger partial charge in [0, 0.05) is 19.2 Å². The molecule has 0 radical (unpaired) electrons. The molecule has 1 saturated heterocycles. The maximum atomic E-state index is 12.8. The van der Waals surface area contributed by atoms with Crippen molar-refractivity contribution in [3.05, 3.63) is 34.5 Å². The van der Waals surface area contributed by atoms with Crippen molar-refractivity contribution in [2.75, 3.05) is 32.6 Å². The van der Waals surface area contributed by atoms with E-state index in [9.17, 15) is 13.2 Å². The number of benzene rings is 1. The molecule has 0 aliphatic carbocycles. The fraction of sp³-hybridized carbons (Fsp3) is 0.353. The number of nitrogens with zero attached hydrogens (tertiary/aromatic N) is 1. The van der Waals surface area contributed by atoms with Gasteiger partial charge in [0.15, 0.2) is 0 Å². The molecule has 26 heavy (non-hydrogen) atoms. The van der Waals surface area contributed by atoms with Crippen LogP contribution in [0.25, 0.3) is 0 Å². The van der Waals surface area contributed by atoms with Crippen LogP contribution in [0.2, 0.25) is 0 Å². The summed E-state index contributed by atoms with van der Waals surface area (Å²) < 4.78 is 37.5. The molecule has 0 atom stereocenters. The van der Waals surface area contributed by atoms with Gasteiger partial charge in [-0.2, -0.15) is 4.31 Å². The number of hydrogen-bond donors (Lipinski definition) is 1. The van der Waals surface area contributed by atoms with Gasteiger partial charge in [-0.3, -0.25) is 4.79 Å². The van der Waals surface area contributed by atoms with Crippen molar-refractivity contribution in [1.29, 1.82) is 0 Å². The zero-order valence-corrected chi connectivity index (χ0v) is 16.2. The second kappa shape index (κ2) is 7.65. The standard InChI is InChI=1S/C17H20N2O5S2/c1-23-12-5-6-14(24-2)13(11-12)18-17(20)16-15(7-10-25-16)26(21,22)19-8-3-4-9-19/h5-7,10-11H,3-4,8-9H2,1-2H3,(H,18,20). The summed E-state index contributed by atoms with van der Waals surface area (Å²) in [5, 5.41) is 4.34. The van der Waals surface area contributed by atoms with E-state index < -0.39 is 15.9 Å². The number of thiophene rings is 1. The molecule has 1 aliphatic heterocycles. The highest BCUT2D eigenvalue weighted by molar-refractivity contribution is 7.89. The molecule has 1 fully saturated rings. The minimum atomic E-state index is -3.66.